The maximum Gasteiger partial charge on any atom is 0.330 e. The Hall–Kier alpha value is -3.93. The number of nitrogens with zero attached hydrogens (tertiary/aromatic N) is 1. The molecule has 0 radical (unpaired) electrons. The molecule has 0 unspecified atom stereocenters. The quantitative estimate of drug-likeness (QED) is 0.142. The van der Waals surface area contributed by atoms with E-state index in [9.17, 15) is 19.2 Å². The molecule has 3 N–H and O–H groups in total. The van der Waals surface area contributed by atoms with Crippen molar-refractivity contribution >= 4 is 46.7 Å². The fourth-order valence-electron chi connectivity index (χ4n) is 5.90. The first-order valence-electron chi connectivity index (χ1n) is 15.7. The molecule has 49 heavy (non-hydrogen) atoms. The van der Waals surface area contributed by atoms with Gasteiger partial charge in [0.25, 0.3) is 5.56 Å². The van der Waals surface area contributed by atoms with Crippen LogP contribution in [0.5, 0.6) is 0 Å². The van der Waals surface area contributed by atoms with Crippen LogP contribution in [0.3, 0.4) is 0 Å². The molecule has 1 aliphatic rings. The van der Waals surface area contributed by atoms with E-state index >= 15 is 0 Å². The Bertz CT molecular complexity index is 1800. The topological polar surface area (TPSA) is 143 Å². The molecule has 0 amide bonds. The van der Waals surface area contributed by atoms with E-state index in [1.807, 2.05) is 36.4 Å². The zero-order valence-corrected chi connectivity index (χ0v) is 29.3. The first-order chi connectivity index (χ1) is 23.3. The summed E-state index contributed by atoms with van der Waals surface area (Å²) in [5.74, 6) is -1.45. The number of hydrogen-bond donors (Lipinski definition) is 2. The Morgan fingerprint density at radius 2 is 1.41 bits per heavy atom. The predicted molar refractivity (Wildman–Crippen MR) is 187 cm³/mol. The Kier molecular flexibility index (Phi) is 11.4. The molecule has 13 heteroatoms. The lowest BCUT2D eigenvalue weighted by atomic mass is 9.67. The summed E-state index contributed by atoms with van der Waals surface area (Å²) >= 11 is 18.8. The van der Waals surface area contributed by atoms with Crippen molar-refractivity contribution < 1.29 is 23.8 Å². The number of aromatic amines is 1. The third-order valence-electron chi connectivity index (χ3n) is 8.72. The van der Waals surface area contributed by atoms with Crippen LogP contribution in [0, 0.1) is 12.8 Å². The van der Waals surface area contributed by atoms with E-state index in [1.54, 1.807) is 57.2 Å². The van der Waals surface area contributed by atoms with E-state index in [-0.39, 0.29) is 30.9 Å². The van der Waals surface area contributed by atoms with E-state index in [0.29, 0.717) is 15.1 Å². The highest BCUT2D eigenvalue weighted by atomic mass is 35.5. The molecule has 3 aromatic carbocycles. The second-order valence-electron chi connectivity index (χ2n) is 12.4. The minimum absolute atomic E-state index is 0.0500. The molecule has 0 spiro atoms. The third-order valence-corrected chi connectivity index (χ3v) is 9.48. The number of esters is 2. The van der Waals surface area contributed by atoms with Crippen LogP contribution in [0.25, 0.3) is 0 Å². The van der Waals surface area contributed by atoms with Gasteiger partial charge in [-0.3, -0.25) is 23.9 Å². The zero-order chi connectivity index (χ0) is 35.5. The summed E-state index contributed by atoms with van der Waals surface area (Å²) in [4.78, 5) is 53.8. The summed E-state index contributed by atoms with van der Waals surface area (Å²) in [5.41, 5.74) is 6.35. The molecule has 2 heterocycles. The van der Waals surface area contributed by atoms with Gasteiger partial charge in [0.05, 0.1) is 11.8 Å². The van der Waals surface area contributed by atoms with Crippen molar-refractivity contribution in [3.05, 3.63) is 137 Å². The smallest absolute Gasteiger partial charge is 0.330 e. The average molecular weight is 729 g/mol. The summed E-state index contributed by atoms with van der Waals surface area (Å²) in [7, 11) is 0. The van der Waals surface area contributed by atoms with Crippen LogP contribution in [0.2, 0.25) is 15.1 Å². The molecular weight excluding hydrogens is 693 g/mol. The number of aryl methyl sites for hydroxylation is 1. The maximum atomic E-state index is 14.0. The number of rotatable bonds is 11. The summed E-state index contributed by atoms with van der Waals surface area (Å²) in [6, 6.07) is 20.7. The molecule has 0 aliphatic carbocycles. The number of aromatic nitrogens is 2. The van der Waals surface area contributed by atoms with Crippen LogP contribution in [-0.4, -0.2) is 46.3 Å². The van der Waals surface area contributed by atoms with Gasteiger partial charge in [0.1, 0.15) is 31.1 Å². The number of H-pyrrole nitrogens is 1. The second-order valence-corrected chi connectivity index (χ2v) is 13.7. The molecule has 1 aliphatic heterocycles. The number of ether oxygens (including phenoxy) is 3. The number of carbonyl (C=O) groups excluding carboxylic acids is 2. The van der Waals surface area contributed by atoms with Gasteiger partial charge in [-0.05, 0) is 65.9 Å². The van der Waals surface area contributed by atoms with Gasteiger partial charge >= 0.3 is 17.6 Å². The number of hydrogen-bond acceptors (Lipinski definition) is 8. The molecule has 0 bridgehead atoms. The number of halogens is 3. The van der Waals surface area contributed by atoms with Crippen LogP contribution in [-0.2, 0) is 29.2 Å². The molecule has 1 fully saturated rings. The van der Waals surface area contributed by atoms with E-state index in [0.717, 1.165) is 16.7 Å². The van der Waals surface area contributed by atoms with Gasteiger partial charge in [0.2, 0.25) is 0 Å². The van der Waals surface area contributed by atoms with Gasteiger partial charge in [-0.25, -0.2) is 4.79 Å². The monoisotopic (exact) mass is 727 g/mol. The van der Waals surface area contributed by atoms with Crippen LogP contribution in [0.4, 0.5) is 0 Å². The van der Waals surface area contributed by atoms with Gasteiger partial charge < -0.3 is 19.9 Å². The molecule has 0 saturated carbocycles. The van der Waals surface area contributed by atoms with E-state index < -0.39 is 53.1 Å². The average Bonchev–Trinajstić information content (AvgIpc) is 3.47. The molecule has 5 rings (SSSR count). The van der Waals surface area contributed by atoms with Crippen LogP contribution in [0.15, 0.2) is 88.6 Å². The number of carbonyl (C=O) groups is 2. The van der Waals surface area contributed by atoms with Crippen molar-refractivity contribution in [1.29, 1.82) is 0 Å². The van der Waals surface area contributed by atoms with E-state index in [4.69, 9.17) is 54.7 Å². The number of benzene rings is 3. The zero-order valence-electron chi connectivity index (χ0n) is 27.0. The maximum absolute atomic E-state index is 14.0. The van der Waals surface area contributed by atoms with Crippen molar-refractivity contribution in [2.75, 3.05) is 6.61 Å². The summed E-state index contributed by atoms with van der Waals surface area (Å²) in [6.45, 7) is 4.82. The van der Waals surface area contributed by atoms with Gasteiger partial charge in [-0.15, -0.1) is 0 Å². The molecule has 10 nitrogen and oxygen atoms in total. The Balaban J connectivity index is 1.47. The SMILES string of the molecule is Cc1cn([C@H]2C[C@H](OC(=O)[C@@H](N)C(C)C)[C@@H](COC(=O)CC(c3ccc(Cl)cc3)(c3ccc(Cl)cc3)c3ccc(Cl)cc3)O2)c(=O)[nH]c1=O. The van der Waals surface area contributed by atoms with E-state index in [1.165, 1.54) is 10.8 Å². The fraction of sp³-hybridized carbons (Fsp3) is 0.333. The van der Waals surface area contributed by atoms with Crippen LogP contribution < -0.4 is 17.0 Å². The largest absolute Gasteiger partial charge is 0.463 e. The van der Waals surface area contributed by atoms with Crippen molar-refractivity contribution in [2.45, 2.75) is 63.5 Å². The van der Waals surface area contributed by atoms with Gasteiger partial charge in [-0.2, -0.15) is 0 Å². The molecule has 258 valence electrons. The van der Waals surface area contributed by atoms with Crippen molar-refractivity contribution in [1.82, 2.24) is 9.55 Å². The summed E-state index contributed by atoms with van der Waals surface area (Å²) in [6.07, 6.45) is -1.52. The molecule has 4 atom stereocenters. The predicted octanol–water partition coefficient (Wildman–Crippen LogP) is 5.96. The van der Waals surface area contributed by atoms with E-state index in [2.05, 4.69) is 4.98 Å². The number of nitrogens with two attached hydrogens (primary N) is 1. The van der Waals surface area contributed by atoms with Gasteiger partial charge in [0, 0.05) is 33.2 Å². The third kappa shape index (κ3) is 8.11. The molecule has 1 aromatic heterocycles. The Morgan fingerprint density at radius 1 is 0.918 bits per heavy atom. The van der Waals surface area contributed by atoms with Crippen LogP contribution >= 0.6 is 34.8 Å². The van der Waals surface area contributed by atoms with Crippen molar-refractivity contribution in [2.24, 2.45) is 11.7 Å². The standard InChI is InChI=1S/C36H36Cl3N3O7/c1-20(2)32(40)34(45)49-28-16-30(42-18-21(3)33(44)41-35(42)46)48-29(28)19-47-31(43)17-36(22-4-10-25(37)11-5-22,23-6-12-26(38)13-7-23)24-8-14-27(39)15-9-24/h4-15,18,20,28-30,32H,16-17,19,40H2,1-3H3,(H,41,44,46)/t28-,29+,30+,32-/m0/s1. The van der Waals surface area contributed by atoms with Gasteiger partial charge in [-0.1, -0.05) is 85.0 Å². The highest BCUT2D eigenvalue weighted by Crippen LogP contribution is 2.44. The fourth-order valence-corrected chi connectivity index (χ4v) is 6.28. The van der Waals surface area contributed by atoms with Crippen molar-refractivity contribution in [3.8, 4) is 0 Å². The highest BCUT2D eigenvalue weighted by Gasteiger charge is 2.43. The number of nitrogens with one attached hydrogen (secondary N) is 1. The summed E-state index contributed by atoms with van der Waals surface area (Å²) in [5, 5.41) is 1.57. The lowest BCUT2D eigenvalue weighted by molar-refractivity contribution is -0.160. The first-order valence-corrected chi connectivity index (χ1v) is 16.8. The summed E-state index contributed by atoms with van der Waals surface area (Å²) < 4.78 is 19.0. The Morgan fingerprint density at radius 3 is 1.88 bits per heavy atom. The molecule has 1 saturated heterocycles. The lowest BCUT2D eigenvalue weighted by Gasteiger charge is -2.35. The molecular formula is C36H36Cl3N3O7. The highest BCUT2D eigenvalue weighted by molar-refractivity contribution is 6.31. The van der Waals surface area contributed by atoms with Crippen molar-refractivity contribution in [3.63, 3.8) is 0 Å². The normalized spacial score (nSPS) is 18.3. The minimum Gasteiger partial charge on any atom is -0.463 e. The van der Waals surface area contributed by atoms with Gasteiger partial charge in [0.15, 0.2) is 0 Å². The minimum atomic E-state index is -1.06. The lowest BCUT2D eigenvalue weighted by Crippen LogP contribution is -2.41. The second kappa shape index (κ2) is 15.3. The molecule has 4 aromatic rings. The van der Waals surface area contributed by atoms with Crippen LogP contribution in [0.1, 0.15) is 55.2 Å². The Labute approximate surface area is 298 Å². The first kappa shape index (κ1) is 36.4.